The highest BCUT2D eigenvalue weighted by Crippen LogP contribution is 2.36. The highest BCUT2D eigenvalue weighted by molar-refractivity contribution is 8.01. The molecule has 0 saturated carbocycles. The van der Waals surface area contributed by atoms with Gasteiger partial charge in [-0.2, -0.15) is 0 Å². The molecule has 0 unspecified atom stereocenters. The summed E-state index contributed by atoms with van der Waals surface area (Å²) in [4.78, 5) is 28.6. The van der Waals surface area contributed by atoms with Gasteiger partial charge in [0.15, 0.2) is 4.34 Å². The van der Waals surface area contributed by atoms with Crippen LogP contribution in [0.15, 0.2) is 79.9 Å². The minimum absolute atomic E-state index is 0.138. The fourth-order valence-corrected chi connectivity index (χ4v) is 4.85. The van der Waals surface area contributed by atoms with Gasteiger partial charge in [0.25, 0.3) is 11.6 Å². The summed E-state index contributed by atoms with van der Waals surface area (Å²) in [6.07, 6.45) is 1.59. The van der Waals surface area contributed by atoms with Crippen molar-refractivity contribution < 1.29 is 18.9 Å². The monoisotopic (exact) mass is 481 g/mol. The van der Waals surface area contributed by atoms with Crippen LogP contribution >= 0.6 is 23.1 Å². The number of aryl methyl sites for hydroxylation is 1. The Morgan fingerprint density at radius 2 is 2.09 bits per heavy atom. The van der Waals surface area contributed by atoms with Gasteiger partial charge in [-0.25, -0.2) is 4.98 Å². The van der Waals surface area contributed by atoms with E-state index in [4.69, 9.17) is 9.15 Å². The zero-order valence-electron chi connectivity index (χ0n) is 17.5. The van der Waals surface area contributed by atoms with Crippen LogP contribution in [0, 0.1) is 17.0 Å². The summed E-state index contributed by atoms with van der Waals surface area (Å²) in [5.74, 6) is 0.293. The Labute approximate surface area is 197 Å². The number of carbonyl (C=O) groups excluding carboxylic acids is 1. The lowest BCUT2D eigenvalue weighted by Gasteiger charge is -2.09. The second-order valence-electron chi connectivity index (χ2n) is 7.02. The zero-order chi connectivity index (χ0) is 23.2. The van der Waals surface area contributed by atoms with E-state index in [1.54, 1.807) is 42.7 Å². The van der Waals surface area contributed by atoms with Crippen molar-refractivity contribution in [1.29, 1.82) is 0 Å². The van der Waals surface area contributed by atoms with Crippen molar-refractivity contribution in [1.82, 2.24) is 4.98 Å². The number of nitrogens with one attached hydrogen (secondary N) is 1. The Kier molecular flexibility index (Phi) is 7.18. The summed E-state index contributed by atoms with van der Waals surface area (Å²) in [6, 6.07) is 15.3. The number of aromatic nitrogens is 1. The van der Waals surface area contributed by atoms with Crippen molar-refractivity contribution in [3.8, 4) is 0 Å². The number of hydrogen-bond acceptors (Lipinski definition) is 8. The standard InChI is InChI=1S/C23H19N3O5S2/c1-15-14-32-23(24-15)33-21-8-7-17(11-20(21)26(28)29)22(27)25-18-5-2-4-16(10-18)12-30-13-19-6-3-9-31-19/h2-11,14H,12-13H2,1H3,(H,25,27). The van der Waals surface area contributed by atoms with Gasteiger partial charge in [0.05, 0.1) is 22.7 Å². The lowest BCUT2D eigenvalue weighted by Crippen LogP contribution is -2.12. The van der Waals surface area contributed by atoms with Gasteiger partial charge < -0.3 is 14.5 Å². The van der Waals surface area contributed by atoms with Gasteiger partial charge in [0.2, 0.25) is 0 Å². The number of amides is 1. The summed E-state index contributed by atoms with van der Waals surface area (Å²) in [5, 5.41) is 16.3. The molecule has 2 aromatic heterocycles. The van der Waals surface area contributed by atoms with E-state index in [-0.39, 0.29) is 11.3 Å². The van der Waals surface area contributed by atoms with Crippen LogP contribution in [0.4, 0.5) is 11.4 Å². The lowest BCUT2D eigenvalue weighted by atomic mass is 10.1. The molecule has 168 valence electrons. The van der Waals surface area contributed by atoms with Gasteiger partial charge in [0.1, 0.15) is 12.4 Å². The number of carbonyl (C=O) groups is 1. The van der Waals surface area contributed by atoms with E-state index < -0.39 is 10.8 Å². The van der Waals surface area contributed by atoms with E-state index in [0.29, 0.717) is 28.1 Å². The third-order valence-corrected chi connectivity index (χ3v) is 6.61. The summed E-state index contributed by atoms with van der Waals surface area (Å²) in [7, 11) is 0. The highest BCUT2D eigenvalue weighted by Gasteiger charge is 2.19. The Hall–Kier alpha value is -3.47. The van der Waals surface area contributed by atoms with Gasteiger partial charge in [-0.15, -0.1) is 11.3 Å². The van der Waals surface area contributed by atoms with E-state index in [1.165, 1.54) is 29.2 Å². The van der Waals surface area contributed by atoms with Crippen LogP contribution in [0.3, 0.4) is 0 Å². The topological polar surface area (TPSA) is 108 Å². The molecule has 0 spiro atoms. The van der Waals surface area contributed by atoms with Crippen molar-refractivity contribution in [3.63, 3.8) is 0 Å². The molecule has 0 aliphatic carbocycles. The average Bonchev–Trinajstić information content (AvgIpc) is 3.46. The Morgan fingerprint density at radius 3 is 2.82 bits per heavy atom. The Morgan fingerprint density at radius 1 is 1.21 bits per heavy atom. The fourth-order valence-electron chi connectivity index (χ4n) is 2.97. The molecule has 33 heavy (non-hydrogen) atoms. The normalized spacial score (nSPS) is 10.8. The Bertz CT molecular complexity index is 1270. The number of nitro benzene ring substituents is 1. The maximum atomic E-state index is 12.7. The van der Waals surface area contributed by atoms with Gasteiger partial charge in [-0.1, -0.05) is 23.9 Å². The molecule has 4 aromatic rings. The second-order valence-corrected chi connectivity index (χ2v) is 9.17. The quantitative estimate of drug-likeness (QED) is 0.228. The first-order chi connectivity index (χ1) is 16.0. The van der Waals surface area contributed by atoms with E-state index in [2.05, 4.69) is 10.3 Å². The van der Waals surface area contributed by atoms with Crippen LogP contribution < -0.4 is 5.32 Å². The van der Waals surface area contributed by atoms with Crippen molar-refractivity contribution >= 4 is 40.4 Å². The molecular weight excluding hydrogens is 462 g/mol. The third kappa shape index (κ3) is 6.07. The number of benzene rings is 2. The average molecular weight is 482 g/mol. The van der Waals surface area contributed by atoms with Gasteiger partial charge in [-0.3, -0.25) is 14.9 Å². The second kappa shape index (κ2) is 10.4. The van der Waals surface area contributed by atoms with Crippen LogP contribution in [0.25, 0.3) is 0 Å². The number of hydrogen-bond donors (Lipinski definition) is 1. The molecule has 1 N–H and O–H groups in total. The van der Waals surface area contributed by atoms with E-state index in [9.17, 15) is 14.9 Å². The summed E-state index contributed by atoms with van der Waals surface area (Å²) in [5.41, 5.74) is 2.35. The predicted octanol–water partition coefficient (Wildman–Crippen LogP) is 6.07. The molecule has 4 rings (SSSR count). The zero-order valence-corrected chi connectivity index (χ0v) is 19.2. The number of ether oxygens (including phenoxy) is 1. The maximum Gasteiger partial charge on any atom is 0.284 e. The number of furan rings is 1. The number of anilines is 1. The SMILES string of the molecule is Cc1csc(Sc2ccc(C(=O)Nc3cccc(COCc4ccco4)c3)cc2[N+](=O)[O-])n1. The first kappa shape index (κ1) is 22.7. The number of nitro groups is 1. The van der Waals surface area contributed by atoms with Crippen molar-refractivity contribution in [2.75, 3.05) is 5.32 Å². The Balaban J connectivity index is 1.43. The lowest BCUT2D eigenvalue weighted by molar-refractivity contribution is -0.387. The first-order valence-corrected chi connectivity index (χ1v) is 11.6. The molecule has 0 atom stereocenters. The molecule has 0 saturated heterocycles. The third-order valence-electron chi connectivity index (χ3n) is 4.49. The van der Waals surface area contributed by atoms with Crippen LogP contribution in [0.2, 0.25) is 0 Å². The van der Waals surface area contributed by atoms with Crippen LogP contribution in [0.1, 0.15) is 27.4 Å². The fraction of sp³-hybridized carbons (Fsp3) is 0.130. The van der Waals surface area contributed by atoms with Gasteiger partial charge >= 0.3 is 0 Å². The molecule has 2 aromatic carbocycles. The van der Waals surface area contributed by atoms with Crippen molar-refractivity contribution in [2.24, 2.45) is 0 Å². The predicted molar refractivity (Wildman–Crippen MR) is 126 cm³/mol. The van der Waals surface area contributed by atoms with Gasteiger partial charge in [-0.05, 0) is 48.9 Å². The van der Waals surface area contributed by atoms with Crippen molar-refractivity contribution in [2.45, 2.75) is 29.4 Å². The van der Waals surface area contributed by atoms with Crippen molar-refractivity contribution in [3.05, 3.63) is 98.9 Å². The highest BCUT2D eigenvalue weighted by atomic mass is 32.2. The van der Waals surface area contributed by atoms with E-state index in [1.807, 2.05) is 24.4 Å². The van der Waals surface area contributed by atoms with Crippen LogP contribution in [-0.2, 0) is 18.0 Å². The van der Waals surface area contributed by atoms with Crippen LogP contribution in [-0.4, -0.2) is 15.8 Å². The summed E-state index contributed by atoms with van der Waals surface area (Å²) < 4.78 is 11.6. The largest absolute Gasteiger partial charge is 0.467 e. The molecule has 0 radical (unpaired) electrons. The summed E-state index contributed by atoms with van der Waals surface area (Å²) >= 11 is 2.63. The molecule has 10 heteroatoms. The molecule has 0 aliphatic heterocycles. The molecule has 1 amide bonds. The first-order valence-electron chi connectivity index (χ1n) is 9.87. The molecule has 0 fully saturated rings. The number of rotatable bonds is 9. The molecule has 0 aliphatic rings. The van der Waals surface area contributed by atoms with E-state index >= 15 is 0 Å². The number of thiazole rings is 1. The minimum atomic E-state index is -0.490. The summed E-state index contributed by atoms with van der Waals surface area (Å²) in [6.45, 7) is 2.55. The molecular formula is C23H19N3O5S2. The minimum Gasteiger partial charge on any atom is -0.467 e. The van der Waals surface area contributed by atoms with Gasteiger partial charge in [0, 0.05) is 28.4 Å². The van der Waals surface area contributed by atoms with E-state index in [0.717, 1.165) is 17.0 Å². The molecule has 0 bridgehead atoms. The smallest absolute Gasteiger partial charge is 0.284 e. The molecule has 2 heterocycles. The molecule has 8 nitrogen and oxygen atoms in total. The number of nitrogens with zero attached hydrogens (tertiary/aromatic N) is 2. The van der Waals surface area contributed by atoms with Crippen LogP contribution in [0.5, 0.6) is 0 Å². The maximum absolute atomic E-state index is 12.7.